The van der Waals surface area contributed by atoms with E-state index in [1.54, 1.807) is 4.68 Å². The van der Waals surface area contributed by atoms with E-state index in [0.29, 0.717) is 5.88 Å². The summed E-state index contributed by atoms with van der Waals surface area (Å²) in [5.74, 6) is 0.342. The van der Waals surface area contributed by atoms with E-state index in [4.69, 9.17) is 0 Å². The van der Waals surface area contributed by atoms with Crippen LogP contribution >= 0.6 is 0 Å². The van der Waals surface area contributed by atoms with Gasteiger partial charge in [0.25, 0.3) is 0 Å². The first-order valence-corrected chi connectivity index (χ1v) is 7.12. The third kappa shape index (κ3) is 2.98. The van der Waals surface area contributed by atoms with Gasteiger partial charge in [-0.1, -0.05) is 50.6 Å². The molecule has 2 aromatic rings. The van der Waals surface area contributed by atoms with Gasteiger partial charge in [0.05, 0.1) is 5.69 Å². The van der Waals surface area contributed by atoms with Crippen LogP contribution in [-0.2, 0) is 13.0 Å². The Hall–Kier alpha value is -1.77. The molecule has 19 heavy (non-hydrogen) atoms. The topological polar surface area (TPSA) is 38.0 Å². The molecule has 0 spiro atoms. The normalized spacial score (nSPS) is 10.8. The highest BCUT2D eigenvalue weighted by molar-refractivity contribution is 5.65. The van der Waals surface area contributed by atoms with Crippen molar-refractivity contribution in [2.75, 3.05) is 0 Å². The summed E-state index contributed by atoms with van der Waals surface area (Å²) in [7, 11) is 0. The van der Waals surface area contributed by atoms with Gasteiger partial charge in [0.1, 0.15) is 0 Å². The number of aromatic nitrogens is 2. The monoisotopic (exact) mass is 258 g/mol. The highest BCUT2D eigenvalue weighted by atomic mass is 16.3. The second kappa shape index (κ2) is 6.41. The molecule has 0 radical (unpaired) electrons. The van der Waals surface area contributed by atoms with Crippen molar-refractivity contribution in [1.82, 2.24) is 9.78 Å². The fraction of sp³-hybridized carbons (Fsp3) is 0.438. The van der Waals surface area contributed by atoms with Crippen molar-refractivity contribution in [1.29, 1.82) is 0 Å². The number of nitrogens with zero attached hydrogens (tertiary/aromatic N) is 2. The van der Waals surface area contributed by atoms with Crippen LogP contribution in [0.3, 0.4) is 0 Å². The molecule has 0 amide bonds. The predicted molar refractivity (Wildman–Crippen MR) is 78.2 cm³/mol. The number of aryl methyl sites for hydroxylation is 1. The Bertz CT molecular complexity index is 517. The predicted octanol–water partition coefficient (Wildman–Crippen LogP) is 4.01. The molecule has 0 atom stereocenters. The minimum absolute atomic E-state index is 0.342. The molecular formula is C16H22N2O. The lowest BCUT2D eigenvalue weighted by atomic mass is 10.0. The van der Waals surface area contributed by atoms with E-state index in [-0.39, 0.29) is 0 Å². The highest BCUT2D eigenvalue weighted by Gasteiger charge is 2.17. The summed E-state index contributed by atoms with van der Waals surface area (Å²) in [6.45, 7) is 5.02. The van der Waals surface area contributed by atoms with Gasteiger partial charge >= 0.3 is 0 Å². The Kier molecular flexibility index (Phi) is 4.61. The average Bonchev–Trinajstić information content (AvgIpc) is 2.75. The van der Waals surface area contributed by atoms with Crippen molar-refractivity contribution in [2.24, 2.45) is 0 Å². The second-order valence-corrected chi connectivity index (χ2v) is 4.84. The number of rotatable bonds is 6. The SMILES string of the molecule is CCCCc1c(-c2ccccc2)nn(CCC)c1O. The Morgan fingerprint density at radius 3 is 2.47 bits per heavy atom. The van der Waals surface area contributed by atoms with Crippen LogP contribution in [0.15, 0.2) is 30.3 Å². The third-order valence-corrected chi connectivity index (χ3v) is 3.28. The zero-order valence-corrected chi connectivity index (χ0v) is 11.8. The third-order valence-electron chi connectivity index (χ3n) is 3.28. The maximum atomic E-state index is 10.3. The minimum Gasteiger partial charge on any atom is -0.493 e. The molecule has 0 saturated heterocycles. The van der Waals surface area contributed by atoms with Gasteiger partial charge in [-0.3, -0.25) is 0 Å². The number of aromatic hydroxyl groups is 1. The summed E-state index contributed by atoms with van der Waals surface area (Å²) in [6, 6.07) is 10.1. The van der Waals surface area contributed by atoms with Gasteiger partial charge in [-0.05, 0) is 19.3 Å². The summed E-state index contributed by atoms with van der Waals surface area (Å²) in [6.07, 6.45) is 4.05. The molecule has 2 rings (SSSR count). The Morgan fingerprint density at radius 2 is 1.84 bits per heavy atom. The van der Waals surface area contributed by atoms with E-state index in [9.17, 15) is 5.11 Å². The van der Waals surface area contributed by atoms with Crippen molar-refractivity contribution in [3.8, 4) is 17.1 Å². The largest absolute Gasteiger partial charge is 0.493 e. The van der Waals surface area contributed by atoms with E-state index < -0.39 is 0 Å². The number of benzene rings is 1. The Balaban J connectivity index is 2.43. The first kappa shape index (κ1) is 13.7. The van der Waals surface area contributed by atoms with Crippen molar-refractivity contribution >= 4 is 0 Å². The molecule has 0 fully saturated rings. The van der Waals surface area contributed by atoms with E-state index in [2.05, 4.69) is 18.9 Å². The van der Waals surface area contributed by atoms with Gasteiger partial charge in [-0.2, -0.15) is 5.10 Å². The molecular weight excluding hydrogens is 236 g/mol. The summed E-state index contributed by atoms with van der Waals surface area (Å²) in [5, 5.41) is 14.9. The van der Waals surface area contributed by atoms with Crippen LogP contribution in [0, 0.1) is 0 Å². The molecule has 0 bridgehead atoms. The second-order valence-electron chi connectivity index (χ2n) is 4.84. The average molecular weight is 258 g/mol. The van der Waals surface area contributed by atoms with Gasteiger partial charge < -0.3 is 5.11 Å². The van der Waals surface area contributed by atoms with E-state index in [1.807, 2.05) is 30.3 Å². The smallest absolute Gasteiger partial charge is 0.213 e. The summed E-state index contributed by atoms with van der Waals surface area (Å²) >= 11 is 0. The molecule has 1 aromatic carbocycles. The molecule has 1 N–H and O–H groups in total. The molecule has 3 heteroatoms. The Labute approximate surface area is 114 Å². The van der Waals surface area contributed by atoms with Crippen LogP contribution in [0.5, 0.6) is 5.88 Å². The van der Waals surface area contributed by atoms with Gasteiger partial charge in [0.15, 0.2) is 0 Å². The van der Waals surface area contributed by atoms with Crippen LogP contribution in [0.2, 0.25) is 0 Å². The van der Waals surface area contributed by atoms with Crippen molar-refractivity contribution in [3.63, 3.8) is 0 Å². The van der Waals surface area contributed by atoms with Crippen LogP contribution in [-0.4, -0.2) is 14.9 Å². The molecule has 0 aliphatic carbocycles. The minimum atomic E-state index is 0.342. The van der Waals surface area contributed by atoms with Crippen molar-refractivity contribution in [2.45, 2.75) is 46.1 Å². The van der Waals surface area contributed by atoms with Gasteiger partial charge in [-0.25, -0.2) is 4.68 Å². The lowest BCUT2D eigenvalue weighted by molar-refractivity contribution is 0.392. The van der Waals surface area contributed by atoms with Crippen LogP contribution in [0.25, 0.3) is 11.3 Å². The molecule has 0 aliphatic heterocycles. The van der Waals surface area contributed by atoms with E-state index in [0.717, 1.165) is 49.0 Å². The quantitative estimate of drug-likeness (QED) is 0.850. The summed E-state index contributed by atoms with van der Waals surface area (Å²) < 4.78 is 1.73. The number of unbranched alkanes of at least 4 members (excludes halogenated alkanes) is 1. The van der Waals surface area contributed by atoms with Gasteiger partial charge in [-0.15, -0.1) is 0 Å². The molecule has 102 valence electrons. The zero-order valence-electron chi connectivity index (χ0n) is 11.8. The highest BCUT2D eigenvalue weighted by Crippen LogP contribution is 2.31. The first-order valence-electron chi connectivity index (χ1n) is 7.12. The standard InChI is InChI=1S/C16H22N2O/c1-3-5-11-14-15(13-9-7-6-8-10-13)17-18(12-4-2)16(14)19/h6-10,19H,3-5,11-12H2,1-2H3. The maximum Gasteiger partial charge on any atom is 0.213 e. The fourth-order valence-electron chi connectivity index (χ4n) is 2.27. The fourth-order valence-corrected chi connectivity index (χ4v) is 2.27. The van der Waals surface area contributed by atoms with Gasteiger partial charge in [0.2, 0.25) is 5.88 Å². The lowest BCUT2D eigenvalue weighted by Gasteiger charge is -2.02. The summed E-state index contributed by atoms with van der Waals surface area (Å²) in [4.78, 5) is 0. The van der Waals surface area contributed by atoms with E-state index in [1.165, 1.54) is 0 Å². The van der Waals surface area contributed by atoms with Crippen molar-refractivity contribution < 1.29 is 5.11 Å². The maximum absolute atomic E-state index is 10.3. The molecule has 1 aromatic heterocycles. The molecule has 0 saturated carbocycles. The van der Waals surface area contributed by atoms with Crippen LogP contribution in [0.4, 0.5) is 0 Å². The molecule has 1 heterocycles. The van der Waals surface area contributed by atoms with E-state index >= 15 is 0 Å². The number of hydrogen-bond donors (Lipinski definition) is 1. The lowest BCUT2D eigenvalue weighted by Crippen LogP contribution is -1.98. The van der Waals surface area contributed by atoms with Gasteiger partial charge in [0, 0.05) is 17.7 Å². The molecule has 3 nitrogen and oxygen atoms in total. The van der Waals surface area contributed by atoms with Crippen LogP contribution < -0.4 is 0 Å². The first-order chi connectivity index (χ1) is 9.27. The zero-order chi connectivity index (χ0) is 13.7. The van der Waals surface area contributed by atoms with Crippen LogP contribution in [0.1, 0.15) is 38.7 Å². The number of hydrogen-bond acceptors (Lipinski definition) is 2. The summed E-state index contributed by atoms with van der Waals surface area (Å²) in [5.41, 5.74) is 3.00. The Morgan fingerprint density at radius 1 is 1.11 bits per heavy atom. The molecule has 0 unspecified atom stereocenters. The molecule has 0 aliphatic rings. The van der Waals surface area contributed by atoms with Crippen molar-refractivity contribution in [3.05, 3.63) is 35.9 Å².